The van der Waals surface area contributed by atoms with Gasteiger partial charge in [0.15, 0.2) is 23.1 Å². The van der Waals surface area contributed by atoms with Crippen molar-refractivity contribution in [3.05, 3.63) is 124 Å². The summed E-state index contributed by atoms with van der Waals surface area (Å²) in [5.74, 6) is -0.0166. The summed E-state index contributed by atoms with van der Waals surface area (Å²) < 4.78 is 23.6. The molecule has 0 aliphatic heterocycles. The van der Waals surface area contributed by atoms with Gasteiger partial charge in [0.2, 0.25) is 16.3 Å². The zero-order chi connectivity index (χ0) is 33.6. The van der Waals surface area contributed by atoms with Crippen LogP contribution < -0.4 is 14.2 Å². The van der Waals surface area contributed by atoms with E-state index in [0.29, 0.717) is 11.1 Å². The van der Waals surface area contributed by atoms with Gasteiger partial charge in [-0.15, -0.1) is 0 Å². The first-order chi connectivity index (χ1) is 23.2. The fraction of sp³-hybridized carbons (Fsp3) is 0.114. The average molecular weight is 682 g/mol. The number of benzene rings is 4. The summed E-state index contributed by atoms with van der Waals surface area (Å²) in [6, 6.07) is 27.1. The number of rotatable bonds is 10. The molecule has 0 spiro atoms. The van der Waals surface area contributed by atoms with E-state index in [1.807, 2.05) is 92.7 Å². The number of carbonyl (C=O) groups is 1. The number of esters is 1. The normalized spacial score (nSPS) is 10.8. The van der Waals surface area contributed by atoms with Crippen LogP contribution in [-0.4, -0.2) is 43.0 Å². The van der Waals surface area contributed by atoms with Crippen molar-refractivity contribution in [2.24, 2.45) is 0 Å². The summed E-state index contributed by atoms with van der Waals surface area (Å²) in [6.45, 7) is 4.04. The van der Waals surface area contributed by atoms with Gasteiger partial charge in [-0.05, 0) is 54.7 Å². The smallest absolute Gasteiger partial charge is 0.338 e. The minimum absolute atomic E-state index is 0.0138. The van der Waals surface area contributed by atoms with E-state index in [2.05, 4.69) is 29.9 Å². The SMILES string of the molecule is COC(=O)c1cc(Oc2nc(Cl)nc(-c3ccc(C)cc3)n2)c(OCc2ccccc2)c(Oc2nc(Cl)nc(-c3ccc(C)cc3)n2)c1. The first kappa shape index (κ1) is 32.3. The second kappa shape index (κ2) is 14.4. The molecule has 0 fully saturated rings. The van der Waals surface area contributed by atoms with Crippen LogP contribution in [0, 0.1) is 13.8 Å². The number of methoxy groups -OCH3 is 1. The molecule has 0 aliphatic rings. The molecular weight excluding hydrogens is 655 g/mol. The molecule has 0 aliphatic carbocycles. The number of hydrogen-bond donors (Lipinski definition) is 0. The molecule has 48 heavy (non-hydrogen) atoms. The molecule has 0 N–H and O–H groups in total. The standard InChI is InChI=1S/C35H26Cl2N6O5/c1-20-9-13-23(14-10-20)29-38-32(36)42-34(40-29)47-26-17-25(31(44)45-3)18-27(28(26)46-19-22-7-5-4-6-8-22)48-35-41-30(39-33(37)43-35)24-15-11-21(2)12-16-24/h4-18H,19H2,1-3H3. The fourth-order valence-corrected chi connectivity index (χ4v) is 4.76. The maximum absolute atomic E-state index is 12.9. The number of aryl methyl sites for hydroxylation is 2. The van der Waals surface area contributed by atoms with Crippen LogP contribution in [0.25, 0.3) is 22.8 Å². The largest absolute Gasteiger partial charge is 0.482 e. The van der Waals surface area contributed by atoms with Gasteiger partial charge >= 0.3 is 18.0 Å². The van der Waals surface area contributed by atoms with E-state index < -0.39 is 5.97 Å². The van der Waals surface area contributed by atoms with Gasteiger partial charge in [0.05, 0.1) is 12.7 Å². The van der Waals surface area contributed by atoms with Crippen molar-refractivity contribution in [1.29, 1.82) is 0 Å². The van der Waals surface area contributed by atoms with Gasteiger partial charge in [0, 0.05) is 11.1 Å². The number of carbonyl (C=O) groups excluding carboxylic acids is 1. The average Bonchev–Trinajstić information content (AvgIpc) is 3.08. The highest BCUT2D eigenvalue weighted by Gasteiger charge is 2.23. The lowest BCUT2D eigenvalue weighted by Crippen LogP contribution is -2.07. The van der Waals surface area contributed by atoms with Crippen LogP contribution in [0.1, 0.15) is 27.0 Å². The van der Waals surface area contributed by atoms with Crippen molar-refractivity contribution >= 4 is 29.2 Å². The van der Waals surface area contributed by atoms with Crippen molar-refractivity contribution in [1.82, 2.24) is 29.9 Å². The van der Waals surface area contributed by atoms with Crippen molar-refractivity contribution in [3.63, 3.8) is 0 Å². The highest BCUT2D eigenvalue weighted by molar-refractivity contribution is 6.28. The lowest BCUT2D eigenvalue weighted by molar-refractivity contribution is 0.0599. The van der Waals surface area contributed by atoms with Crippen LogP contribution in [0.2, 0.25) is 10.6 Å². The fourth-order valence-electron chi connectivity index (χ4n) is 4.45. The molecule has 0 saturated carbocycles. The second-order valence-electron chi connectivity index (χ2n) is 10.4. The first-order valence-corrected chi connectivity index (χ1v) is 15.3. The van der Waals surface area contributed by atoms with Crippen LogP contribution in [0.4, 0.5) is 0 Å². The lowest BCUT2D eigenvalue weighted by Gasteiger charge is -2.17. The van der Waals surface area contributed by atoms with E-state index in [4.69, 9.17) is 42.1 Å². The van der Waals surface area contributed by atoms with Crippen molar-refractivity contribution < 1.29 is 23.7 Å². The molecule has 0 unspecified atom stereocenters. The van der Waals surface area contributed by atoms with Gasteiger partial charge in [-0.3, -0.25) is 0 Å². The maximum Gasteiger partial charge on any atom is 0.338 e. The summed E-state index contributed by atoms with van der Waals surface area (Å²) in [4.78, 5) is 38.6. The molecule has 2 aromatic heterocycles. The van der Waals surface area contributed by atoms with E-state index in [-0.39, 0.29) is 63.7 Å². The molecule has 0 atom stereocenters. The highest BCUT2D eigenvalue weighted by Crippen LogP contribution is 2.43. The molecule has 0 radical (unpaired) electrons. The molecule has 240 valence electrons. The third kappa shape index (κ3) is 7.83. The van der Waals surface area contributed by atoms with Gasteiger partial charge in [-0.2, -0.15) is 29.9 Å². The Morgan fingerprint density at radius 1 is 0.646 bits per heavy atom. The second-order valence-corrected chi connectivity index (χ2v) is 11.1. The van der Waals surface area contributed by atoms with E-state index in [0.717, 1.165) is 16.7 Å². The molecular formula is C35H26Cl2N6O5. The van der Waals surface area contributed by atoms with E-state index in [1.165, 1.54) is 19.2 Å². The molecule has 2 heterocycles. The van der Waals surface area contributed by atoms with E-state index in [9.17, 15) is 4.79 Å². The summed E-state index contributed by atoms with van der Waals surface area (Å²) in [7, 11) is 1.25. The minimum atomic E-state index is -0.678. The Morgan fingerprint density at radius 2 is 1.12 bits per heavy atom. The summed E-state index contributed by atoms with van der Waals surface area (Å²) in [5.41, 5.74) is 4.42. The summed E-state index contributed by atoms with van der Waals surface area (Å²) in [5, 5.41) is -0.210. The molecule has 0 bridgehead atoms. The minimum Gasteiger partial charge on any atom is -0.482 e. The number of ether oxygens (including phenoxy) is 4. The predicted molar refractivity (Wildman–Crippen MR) is 179 cm³/mol. The van der Waals surface area contributed by atoms with Crippen molar-refractivity contribution in [3.8, 4) is 52.0 Å². The molecule has 0 saturated heterocycles. The van der Waals surface area contributed by atoms with Crippen LogP contribution in [0.5, 0.6) is 29.3 Å². The van der Waals surface area contributed by atoms with Gasteiger partial charge < -0.3 is 18.9 Å². The van der Waals surface area contributed by atoms with E-state index >= 15 is 0 Å². The van der Waals surface area contributed by atoms with Gasteiger partial charge in [-0.1, -0.05) is 90.0 Å². The van der Waals surface area contributed by atoms with Crippen molar-refractivity contribution in [2.75, 3.05) is 7.11 Å². The highest BCUT2D eigenvalue weighted by atomic mass is 35.5. The Kier molecular flexibility index (Phi) is 9.70. The zero-order valence-corrected chi connectivity index (χ0v) is 27.4. The lowest BCUT2D eigenvalue weighted by atomic mass is 10.1. The van der Waals surface area contributed by atoms with Gasteiger partial charge in [0.25, 0.3) is 0 Å². The van der Waals surface area contributed by atoms with Gasteiger partial charge in [-0.25, -0.2) is 4.79 Å². The third-order valence-corrected chi connectivity index (χ3v) is 7.20. The van der Waals surface area contributed by atoms with Crippen LogP contribution in [0.3, 0.4) is 0 Å². The maximum atomic E-state index is 12.9. The Hall–Kier alpha value is -5.65. The monoisotopic (exact) mass is 680 g/mol. The molecule has 6 aromatic rings. The summed E-state index contributed by atoms with van der Waals surface area (Å²) >= 11 is 12.6. The first-order valence-electron chi connectivity index (χ1n) is 14.5. The summed E-state index contributed by atoms with van der Waals surface area (Å²) in [6.07, 6.45) is 0. The number of aromatic nitrogens is 6. The molecule has 6 rings (SSSR count). The third-order valence-electron chi connectivity index (χ3n) is 6.87. The zero-order valence-electron chi connectivity index (χ0n) is 25.8. The quantitative estimate of drug-likeness (QED) is 0.130. The Morgan fingerprint density at radius 3 is 1.58 bits per heavy atom. The Labute approximate surface area is 285 Å². The van der Waals surface area contributed by atoms with Gasteiger partial charge in [0.1, 0.15) is 6.61 Å². The molecule has 13 heteroatoms. The molecule has 11 nitrogen and oxygen atoms in total. The van der Waals surface area contributed by atoms with Crippen molar-refractivity contribution in [2.45, 2.75) is 20.5 Å². The number of hydrogen-bond acceptors (Lipinski definition) is 11. The molecule has 4 aromatic carbocycles. The van der Waals surface area contributed by atoms with E-state index in [1.54, 1.807) is 0 Å². The Bertz CT molecular complexity index is 1960. The van der Waals surface area contributed by atoms with Crippen LogP contribution >= 0.6 is 23.2 Å². The van der Waals surface area contributed by atoms with Crippen LogP contribution in [0.15, 0.2) is 91.0 Å². The Balaban J connectivity index is 1.45. The predicted octanol–water partition coefficient (Wildman–Crippen LogP) is 8.26. The topological polar surface area (TPSA) is 131 Å². The molecule has 0 amide bonds. The number of halogens is 2. The number of nitrogens with zero attached hydrogens (tertiary/aromatic N) is 6. The van der Waals surface area contributed by atoms with Crippen LogP contribution in [-0.2, 0) is 11.3 Å².